The molecule has 2 nitrogen and oxygen atoms in total. The third-order valence-corrected chi connectivity index (χ3v) is 2.45. The highest BCUT2D eigenvalue weighted by molar-refractivity contribution is 5.77. The molecule has 1 aliphatic heterocycles. The topological polar surface area (TPSA) is 20.3 Å². The lowest BCUT2D eigenvalue weighted by Crippen LogP contribution is -2.33. The van der Waals surface area contributed by atoms with E-state index < -0.39 is 0 Å². The summed E-state index contributed by atoms with van der Waals surface area (Å²) in [5.41, 5.74) is 0. The Kier molecular flexibility index (Phi) is 3.74. The first kappa shape index (κ1) is 10.0. The van der Waals surface area contributed by atoms with Crippen LogP contribution in [0.4, 0.5) is 0 Å². The molecule has 13 heavy (non-hydrogen) atoms. The van der Waals surface area contributed by atoms with Gasteiger partial charge < -0.3 is 4.90 Å². The molecular weight excluding hydrogens is 162 g/mol. The minimum absolute atomic E-state index is 0.238. The highest BCUT2D eigenvalue weighted by atomic mass is 16.2. The monoisotopic (exact) mass is 179 g/mol. The predicted molar refractivity (Wildman–Crippen MR) is 54.4 cm³/mol. The summed E-state index contributed by atoms with van der Waals surface area (Å²) in [7, 11) is 0. The number of amides is 1. The normalized spacial score (nSPS) is 21.5. The molecule has 0 aliphatic carbocycles. The molecule has 0 N–H and O–H groups in total. The summed E-state index contributed by atoms with van der Waals surface area (Å²) in [6.45, 7) is 8.24. The van der Waals surface area contributed by atoms with Crippen LogP contribution in [0.1, 0.15) is 25.7 Å². The zero-order valence-electron chi connectivity index (χ0n) is 8.04. The van der Waals surface area contributed by atoms with Gasteiger partial charge in [0.05, 0.1) is 0 Å². The van der Waals surface area contributed by atoms with E-state index in [1.165, 1.54) is 0 Å². The molecule has 0 aromatic rings. The summed E-state index contributed by atoms with van der Waals surface area (Å²) in [5.74, 6) is 0.238. The number of allylic oxidation sites excluding steroid dienone is 1. The minimum Gasteiger partial charge on any atom is -0.336 e. The van der Waals surface area contributed by atoms with Gasteiger partial charge >= 0.3 is 0 Å². The first-order valence-electron chi connectivity index (χ1n) is 4.82. The first-order chi connectivity index (χ1) is 6.29. The SMILES string of the molecule is C=CCCC(=O)N1CCC[C@H]1C=C. The van der Waals surface area contributed by atoms with Crippen molar-refractivity contribution >= 4 is 5.91 Å². The number of hydrogen-bond acceptors (Lipinski definition) is 1. The van der Waals surface area contributed by atoms with Gasteiger partial charge in [-0.15, -0.1) is 13.2 Å². The zero-order valence-corrected chi connectivity index (χ0v) is 8.04. The summed E-state index contributed by atoms with van der Waals surface area (Å²) < 4.78 is 0. The van der Waals surface area contributed by atoms with Gasteiger partial charge in [0.1, 0.15) is 0 Å². The maximum atomic E-state index is 11.6. The van der Waals surface area contributed by atoms with E-state index in [-0.39, 0.29) is 11.9 Å². The van der Waals surface area contributed by atoms with Crippen LogP contribution in [-0.4, -0.2) is 23.4 Å². The Bertz CT molecular complexity index is 210. The molecule has 0 aromatic heterocycles. The van der Waals surface area contributed by atoms with Crippen molar-refractivity contribution in [2.24, 2.45) is 0 Å². The molecule has 1 amide bonds. The number of hydrogen-bond donors (Lipinski definition) is 0. The van der Waals surface area contributed by atoms with Crippen LogP contribution in [0.2, 0.25) is 0 Å². The van der Waals surface area contributed by atoms with Crippen LogP contribution in [0.5, 0.6) is 0 Å². The van der Waals surface area contributed by atoms with Gasteiger partial charge in [-0.05, 0) is 19.3 Å². The van der Waals surface area contributed by atoms with Crippen LogP contribution >= 0.6 is 0 Å². The van der Waals surface area contributed by atoms with Crippen molar-refractivity contribution in [1.29, 1.82) is 0 Å². The van der Waals surface area contributed by atoms with Crippen LogP contribution in [0, 0.1) is 0 Å². The van der Waals surface area contributed by atoms with Crippen molar-refractivity contribution < 1.29 is 4.79 Å². The fourth-order valence-electron chi connectivity index (χ4n) is 1.72. The van der Waals surface area contributed by atoms with Crippen molar-refractivity contribution in [3.05, 3.63) is 25.3 Å². The average molecular weight is 179 g/mol. The Balaban J connectivity index is 2.44. The molecule has 0 radical (unpaired) electrons. The molecule has 2 heteroatoms. The summed E-state index contributed by atoms with van der Waals surface area (Å²) in [4.78, 5) is 13.5. The van der Waals surface area contributed by atoms with Crippen LogP contribution in [0.15, 0.2) is 25.3 Å². The first-order valence-corrected chi connectivity index (χ1v) is 4.82. The van der Waals surface area contributed by atoms with Crippen molar-refractivity contribution in [2.75, 3.05) is 6.54 Å². The largest absolute Gasteiger partial charge is 0.336 e. The minimum atomic E-state index is 0.238. The third kappa shape index (κ3) is 2.44. The molecule has 1 heterocycles. The second-order valence-corrected chi connectivity index (χ2v) is 3.36. The van der Waals surface area contributed by atoms with Gasteiger partial charge in [-0.3, -0.25) is 4.79 Å². The number of nitrogens with zero attached hydrogens (tertiary/aromatic N) is 1. The number of carbonyl (C=O) groups is 1. The number of carbonyl (C=O) groups excluding carboxylic acids is 1. The Morgan fingerprint density at radius 3 is 2.92 bits per heavy atom. The lowest BCUT2D eigenvalue weighted by atomic mass is 10.2. The van der Waals surface area contributed by atoms with E-state index in [0.29, 0.717) is 6.42 Å². The Morgan fingerprint density at radius 2 is 2.31 bits per heavy atom. The van der Waals surface area contributed by atoms with Crippen LogP contribution in [-0.2, 0) is 4.79 Å². The molecule has 1 saturated heterocycles. The molecule has 0 aromatic carbocycles. The quantitative estimate of drug-likeness (QED) is 0.605. The van der Waals surface area contributed by atoms with Crippen molar-refractivity contribution in [2.45, 2.75) is 31.7 Å². The summed E-state index contributed by atoms with van der Waals surface area (Å²) in [6, 6.07) is 0.275. The van der Waals surface area contributed by atoms with Crippen LogP contribution < -0.4 is 0 Å². The molecule has 0 bridgehead atoms. The smallest absolute Gasteiger partial charge is 0.223 e. The second-order valence-electron chi connectivity index (χ2n) is 3.36. The fourth-order valence-corrected chi connectivity index (χ4v) is 1.72. The standard InChI is InChI=1S/C11H17NO/c1-3-5-8-11(13)12-9-6-7-10(12)4-2/h3-4,10H,1-2,5-9H2/t10-/m1/s1. The van der Waals surface area contributed by atoms with Crippen LogP contribution in [0.3, 0.4) is 0 Å². The lowest BCUT2D eigenvalue weighted by molar-refractivity contribution is -0.131. The Hall–Kier alpha value is -1.05. The van der Waals surface area contributed by atoms with E-state index in [1.807, 2.05) is 11.0 Å². The van der Waals surface area contributed by atoms with E-state index in [2.05, 4.69) is 13.2 Å². The van der Waals surface area contributed by atoms with E-state index in [4.69, 9.17) is 0 Å². The van der Waals surface area contributed by atoms with Gasteiger partial charge in [0.25, 0.3) is 0 Å². The fraction of sp³-hybridized carbons (Fsp3) is 0.545. The predicted octanol–water partition coefficient (Wildman–Crippen LogP) is 2.13. The highest BCUT2D eigenvalue weighted by Crippen LogP contribution is 2.19. The molecule has 1 rings (SSSR count). The molecule has 0 unspecified atom stereocenters. The third-order valence-electron chi connectivity index (χ3n) is 2.45. The van der Waals surface area contributed by atoms with Gasteiger partial charge in [0.2, 0.25) is 5.91 Å². The van der Waals surface area contributed by atoms with Gasteiger partial charge in [0, 0.05) is 19.0 Å². The zero-order chi connectivity index (χ0) is 9.68. The highest BCUT2D eigenvalue weighted by Gasteiger charge is 2.25. The van der Waals surface area contributed by atoms with E-state index in [1.54, 1.807) is 6.08 Å². The van der Waals surface area contributed by atoms with Gasteiger partial charge in [0.15, 0.2) is 0 Å². The number of rotatable bonds is 4. The maximum absolute atomic E-state index is 11.6. The molecule has 0 saturated carbocycles. The van der Waals surface area contributed by atoms with Gasteiger partial charge in [-0.25, -0.2) is 0 Å². The summed E-state index contributed by atoms with van der Waals surface area (Å²) in [6.07, 6.45) is 7.21. The average Bonchev–Trinajstić information content (AvgIpc) is 2.61. The Morgan fingerprint density at radius 1 is 1.54 bits per heavy atom. The molecular formula is C11H17NO. The van der Waals surface area contributed by atoms with Crippen molar-refractivity contribution in [3.8, 4) is 0 Å². The van der Waals surface area contributed by atoms with E-state index in [9.17, 15) is 4.79 Å². The molecule has 0 spiro atoms. The van der Waals surface area contributed by atoms with Crippen molar-refractivity contribution in [3.63, 3.8) is 0 Å². The van der Waals surface area contributed by atoms with E-state index in [0.717, 1.165) is 25.8 Å². The van der Waals surface area contributed by atoms with Gasteiger partial charge in [-0.1, -0.05) is 12.2 Å². The summed E-state index contributed by atoms with van der Waals surface area (Å²) in [5, 5.41) is 0. The van der Waals surface area contributed by atoms with Crippen LogP contribution in [0.25, 0.3) is 0 Å². The number of likely N-dealkylation sites (tertiary alicyclic amines) is 1. The second kappa shape index (κ2) is 4.85. The molecule has 72 valence electrons. The van der Waals surface area contributed by atoms with Gasteiger partial charge in [-0.2, -0.15) is 0 Å². The lowest BCUT2D eigenvalue weighted by Gasteiger charge is -2.21. The van der Waals surface area contributed by atoms with E-state index >= 15 is 0 Å². The molecule has 1 aliphatic rings. The maximum Gasteiger partial charge on any atom is 0.223 e. The Labute approximate surface area is 79.9 Å². The molecule has 1 fully saturated rings. The van der Waals surface area contributed by atoms with Crippen molar-refractivity contribution in [1.82, 2.24) is 4.90 Å². The molecule has 1 atom stereocenters. The summed E-state index contributed by atoms with van der Waals surface area (Å²) >= 11 is 0.